The second-order valence-electron chi connectivity index (χ2n) is 3.19. The first-order valence-electron chi connectivity index (χ1n) is 5.01. The Morgan fingerprint density at radius 3 is 1.75 bits per heavy atom. The molecule has 1 nitrogen and oxygen atoms in total. The molecule has 12 heavy (non-hydrogen) atoms. The molecule has 74 valence electrons. The third-order valence-corrected chi connectivity index (χ3v) is 2.03. The zero-order valence-corrected chi connectivity index (χ0v) is 8.35. The van der Waals surface area contributed by atoms with Crippen LogP contribution in [-0.4, -0.2) is 13.7 Å². The first-order chi connectivity index (χ1) is 5.91. The van der Waals surface area contributed by atoms with Gasteiger partial charge in [-0.05, 0) is 6.42 Å². The fourth-order valence-electron chi connectivity index (χ4n) is 1.26. The summed E-state index contributed by atoms with van der Waals surface area (Å²) in [5, 5.41) is 0. The van der Waals surface area contributed by atoms with Gasteiger partial charge in [0.05, 0.1) is 0 Å². The van der Waals surface area contributed by atoms with Gasteiger partial charge in [-0.3, -0.25) is 0 Å². The van der Waals surface area contributed by atoms with E-state index in [1.54, 1.807) is 7.11 Å². The molecule has 0 saturated heterocycles. The molecule has 0 radical (unpaired) electrons. The second kappa shape index (κ2) is 10.7. The van der Waals surface area contributed by atoms with Crippen molar-refractivity contribution in [1.29, 1.82) is 0 Å². The lowest BCUT2D eigenvalue weighted by Gasteiger charge is -2.05. The highest BCUT2D eigenvalue weighted by Gasteiger charge is 1.95. The van der Waals surface area contributed by atoms with Crippen molar-refractivity contribution in [3.8, 4) is 0 Å². The molecule has 1 aliphatic carbocycles. The second-order valence-corrected chi connectivity index (χ2v) is 3.19. The SMILES string of the molecule is C1CCCCC1.C=CCCOC.[HH]. The minimum absolute atomic E-state index is 0. The lowest BCUT2D eigenvalue weighted by atomic mass is 10.0. The average Bonchev–Trinajstić information content (AvgIpc) is 2.18. The van der Waals surface area contributed by atoms with Gasteiger partial charge < -0.3 is 4.74 Å². The van der Waals surface area contributed by atoms with Crippen molar-refractivity contribution in [2.45, 2.75) is 44.9 Å². The average molecular weight is 172 g/mol. The topological polar surface area (TPSA) is 9.23 Å². The van der Waals surface area contributed by atoms with Crippen molar-refractivity contribution in [1.82, 2.24) is 0 Å². The van der Waals surface area contributed by atoms with E-state index in [0.717, 1.165) is 13.0 Å². The van der Waals surface area contributed by atoms with Crippen LogP contribution in [0.4, 0.5) is 0 Å². The maximum atomic E-state index is 4.71. The van der Waals surface area contributed by atoms with Crippen molar-refractivity contribution in [3.63, 3.8) is 0 Å². The fraction of sp³-hybridized carbons (Fsp3) is 0.818. The normalized spacial score (nSPS) is 16.1. The van der Waals surface area contributed by atoms with Crippen LogP contribution >= 0.6 is 0 Å². The zero-order chi connectivity index (χ0) is 9.07. The quantitative estimate of drug-likeness (QED) is 0.465. The van der Waals surface area contributed by atoms with E-state index in [1.165, 1.54) is 38.5 Å². The van der Waals surface area contributed by atoms with Gasteiger partial charge in [0, 0.05) is 15.1 Å². The van der Waals surface area contributed by atoms with Crippen LogP contribution in [0.5, 0.6) is 0 Å². The minimum atomic E-state index is 0. The van der Waals surface area contributed by atoms with Gasteiger partial charge in [0.15, 0.2) is 0 Å². The van der Waals surface area contributed by atoms with Gasteiger partial charge >= 0.3 is 0 Å². The number of hydrogen-bond acceptors (Lipinski definition) is 1. The fourth-order valence-corrected chi connectivity index (χ4v) is 1.26. The third-order valence-electron chi connectivity index (χ3n) is 2.03. The Morgan fingerprint density at radius 1 is 1.17 bits per heavy atom. The molecule has 0 unspecified atom stereocenters. The predicted molar refractivity (Wildman–Crippen MR) is 56.5 cm³/mol. The van der Waals surface area contributed by atoms with Gasteiger partial charge in [0.25, 0.3) is 0 Å². The molecule has 0 aromatic carbocycles. The molecule has 0 N–H and O–H groups in total. The lowest BCUT2D eigenvalue weighted by molar-refractivity contribution is 0.204. The van der Waals surface area contributed by atoms with Gasteiger partial charge in [-0.25, -0.2) is 0 Å². The zero-order valence-electron chi connectivity index (χ0n) is 8.35. The number of methoxy groups -OCH3 is 1. The molecule has 0 aliphatic heterocycles. The largest absolute Gasteiger partial charge is 0.384 e. The predicted octanol–water partition coefficient (Wildman–Crippen LogP) is 3.80. The summed E-state index contributed by atoms with van der Waals surface area (Å²) >= 11 is 0. The standard InChI is InChI=1S/C6H12.C5H10O.H2/c1-2-4-6-5-3-1;1-3-4-5-6-2;/h1-6H2;3H,1,4-5H2,2H3;1H. The molecular weight excluding hydrogens is 148 g/mol. The Kier molecular flexibility index (Phi) is 10.4. The highest BCUT2D eigenvalue weighted by molar-refractivity contribution is 4.63. The minimum Gasteiger partial charge on any atom is -0.384 e. The molecule has 1 fully saturated rings. The summed E-state index contributed by atoms with van der Waals surface area (Å²) in [5.41, 5.74) is 0. The highest BCUT2D eigenvalue weighted by atomic mass is 16.5. The van der Waals surface area contributed by atoms with Gasteiger partial charge in [-0.1, -0.05) is 44.6 Å². The highest BCUT2D eigenvalue weighted by Crippen LogP contribution is 2.15. The molecule has 0 atom stereocenters. The summed E-state index contributed by atoms with van der Waals surface area (Å²) in [4.78, 5) is 0. The molecule has 0 spiro atoms. The van der Waals surface area contributed by atoms with Gasteiger partial charge in [-0.15, -0.1) is 6.58 Å². The van der Waals surface area contributed by atoms with Crippen LogP contribution in [0.25, 0.3) is 0 Å². The van der Waals surface area contributed by atoms with Crippen LogP contribution in [0, 0.1) is 0 Å². The first kappa shape index (κ1) is 11.7. The van der Waals surface area contributed by atoms with Gasteiger partial charge in [0.1, 0.15) is 0 Å². The van der Waals surface area contributed by atoms with E-state index >= 15 is 0 Å². The lowest BCUT2D eigenvalue weighted by Crippen LogP contribution is -1.85. The molecular formula is C11H24O. The third kappa shape index (κ3) is 9.70. The molecule has 0 amide bonds. The van der Waals surface area contributed by atoms with Crippen LogP contribution in [0.15, 0.2) is 12.7 Å². The van der Waals surface area contributed by atoms with Crippen LogP contribution in [0.2, 0.25) is 0 Å². The molecule has 1 heteroatoms. The molecule has 1 rings (SSSR count). The summed E-state index contributed by atoms with van der Waals surface area (Å²) in [6, 6.07) is 0. The number of ether oxygens (including phenoxy) is 1. The van der Waals surface area contributed by atoms with Crippen molar-refractivity contribution in [3.05, 3.63) is 12.7 Å². The summed E-state index contributed by atoms with van der Waals surface area (Å²) in [6.07, 6.45) is 11.8. The smallest absolute Gasteiger partial charge is 0.0496 e. The van der Waals surface area contributed by atoms with E-state index in [-0.39, 0.29) is 1.43 Å². The maximum Gasteiger partial charge on any atom is 0.0496 e. The Balaban J connectivity index is 0. The van der Waals surface area contributed by atoms with E-state index in [4.69, 9.17) is 4.74 Å². The molecule has 1 saturated carbocycles. The molecule has 0 heterocycles. The Morgan fingerprint density at radius 2 is 1.58 bits per heavy atom. The summed E-state index contributed by atoms with van der Waals surface area (Å²) in [6.45, 7) is 4.31. The van der Waals surface area contributed by atoms with Crippen LogP contribution in [0.1, 0.15) is 46.4 Å². The molecule has 1 aliphatic rings. The van der Waals surface area contributed by atoms with Crippen molar-refractivity contribution >= 4 is 0 Å². The summed E-state index contributed by atoms with van der Waals surface area (Å²) in [7, 11) is 1.68. The summed E-state index contributed by atoms with van der Waals surface area (Å²) < 4.78 is 4.71. The Labute approximate surface area is 78.3 Å². The molecule has 0 aromatic heterocycles. The first-order valence-corrected chi connectivity index (χ1v) is 5.01. The van der Waals surface area contributed by atoms with Gasteiger partial charge in [-0.2, -0.15) is 0 Å². The van der Waals surface area contributed by atoms with Crippen LogP contribution in [0.3, 0.4) is 0 Å². The van der Waals surface area contributed by atoms with E-state index in [0.29, 0.717) is 0 Å². The molecule has 0 aromatic rings. The number of hydrogen-bond donors (Lipinski definition) is 0. The van der Waals surface area contributed by atoms with Crippen molar-refractivity contribution in [2.75, 3.05) is 13.7 Å². The van der Waals surface area contributed by atoms with Crippen molar-refractivity contribution in [2.24, 2.45) is 0 Å². The van der Waals surface area contributed by atoms with Gasteiger partial charge in [0.2, 0.25) is 0 Å². The molecule has 0 bridgehead atoms. The summed E-state index contributed by atoms with van der Waals surface area (Å²) in [5.74, 6) is 0. The van der Waals surface area contributed by atoms with E-state index in [2.05, 4.69) is 6.58 Å². The van der Waals surface area contributed by atoms with Crippen LogP contribution in [-0.2, 0) is 4.74 Å². The van der Waals surface area contributed by atoms with Crippen LogP contribution < -0.4 is 0 Å². The van der Waals surface area contributed by atoms with Crippen molar-refractivity contribution < 1.29 is 6.16 Å². The Bertz CT molecular complexity index is 78.6. The van der Waals surface area contributed by atoms with E-state index < -0.39 is 0 Å². The Hall–Kier alpha value is -0.300. The maximum absolute atomic E-state index is 4.71. The van der Waals surface area contributed by atoms with E-state index in [1.807, 2.05) is 6.08 Å². The van der Waals surface area contributed by atoms with E-state index in [9.17, 15) is 0 Å². The monoisotopic (exact) mass is 172 g/mol. The number of rotatable bonds is 3.